The maximum Gasteiger partial charge on any atom is 0.252 e. The number of anilines is 1. The molecular weight excluding hydrogens is 480 g/mol. The standard InChI is InChI=1S/C25H23ClN8O2/c1-3-21(25-28-12-20(30-25)15-4-7-17(27)8-5-15)33-13-23(36-2)19(11-24(33)35)18-10-16(26)6-9-22(18)34-14-29-31-32-34/h4-14,21H,3,27H2,1-2H3,(H,28,30). The molecule has 3 N–H and O–H groups in total. The van der Waals surface area contributed by atoms with E-state index in [1.807, 2.05) is 31.2 Å². The van der Waals surface area contributed by atoms with Crippen LogP contribution < -0.4 is 16.0 Å². The third-order valence-electron chi connectivity index (χ3n) is 5.96. The van der Waals surface area contributed by atoms with Crippen molar-refractivity contribution < 1.29 is 4.74 Å². The number of tetrazole rings is 1. The number of H-pyrrole nitrogens is 1. The summed E-state index contributed by atoms with van der Waals surface area (Å²) in [5.74, 6) is 1.16. The zero-order valence-corrected chi connectivity index (χ0v) is 20.3. The topological polar surface area (TPSA) is 130 Å². The molecule has 0 aliphatic rings. The summed E-state index contributed by atoms with van der Waals surface area (Å²) in [5.41, 5.74) is 9.96. The summed E-state index contributed by atoms with van der Waals surface area (Å²) in [7, 11) is 1.56. The molecule has 0 radical (unpaired) electrons. The summed E-state index contributed by atoms with van der Waals surface area (Å²) in [6.45, 7) is 2.00. The summed E-state index contributed by atoms with van der Waals surface area (Å²) in [5, 5.41) is 11.9. The second kappa shape index (κ2) is 9.67. The minimum Gasteiger partial charge on any atom is -0.495 e. The highest BCUT2D eigenvalue weighted by molar-refractivity contribution is 6.31. The molecule has 0 amide bonds. The highest BCUT2D eigenvalue weighted by Crippen LogP contribution is 2.35. The molecule has 0 saturated heterocycles. The van der Waals surface area contributed by atoms with Gasteiger partial charge < -0.3 is 20.0 Å². The van der Waals surface area contributed by atoms with Gasteiger partial charge in [0.15, 0.2) is 0 Å². The molecule has 1 unspecified atom stereocenters. The number of aromatic nitrogens is 7. The Bertz CT molecular complexity index is 1560. The van der Waals surface area contributed by atoms with Crippen LogP contribution in [0, 0.1) is 0 Å². The molecule has 0 aliphatic carbocycles. The lowest BCUT2D eigenvalue weighted by Crippen LogP contribution is -2.25. The lowest BCUT2D eigenvalue weighted by Gasteiger charge is -2.19. The molecule has 11 heteroatoms. The zero-order chi connectivity index (χ0) is 25.2. The van der Waals surface area contributed by atoms with Gasteiger partial charge in [0.2, 0.25) is 0 Å². The Balaban J connectivity index is 1.58. The molecule has 5 aromatic rings. The van der Waals surface area contributed by atoms with E-state index in [9.17, 15) is 4.79 Å². The number of rotatable bonds is 7. The van der Waals surface area contributed by atoms with Crippen molar-refractivity contribution in [1.29, 1.82) is 0 Å². The molecule has 2 aromatic carbocycles. The molecule has 0 spiro atoms. The fourth-order valence-corrected chi connectivity index (χ4v) is 4.35. The minimum atomic E-state index is -0.332. The number of ether oxygens (including phenoxy) is 1. The lowest BCUT2D eigenvalue weighted by atomic mass is 10.0. The molecular formula is C25H23ClN8O2. The van der Waals surface area contributed by atoms with Gasteiger partial charge in [0.25, 0.3) is 5.56 Å². The molecule has 3 heterocycles. The van der Waals surface area contributed by atoms with Crippen LogP contribution in [0.2, 0.25) is 5.02 Å². The van der Waals surface area contributed by atoms with Crippen molar-refractivity contribution in [2.45, 2.75) is 19.4 Å². The molecule has 36 heavy (non-hydrogen) atoms. The highest BCUT2D eigenvalue weighted by Gasteiger charge is 2.21. The molecule has 5 rings (SSSR count). The number of pyridine rings is 1. The van der Waals surface area contributed by atoms with E-state index >= 15 is 0 Å². The van der Waals surface area contributed by atoms with Crippen LogP contribution in [0.5, 0.6) is 5.75 Å². The van der Waals surface area contributed by atoms with Crippen LogP contribution >= 0.6 is 11.6 Å². The predicted molar refractivity (Wildman–Crippen MR) is 137 cm³/mol. The Morgan fingerprint density at radius 3 is 2.64 bits per heavy atom. The first kappa shape index (κ1) is 23.3. The van der Waals surface area contributed by atoms with E-state index in [-0.39, 0.29) is 11.6 Å². The molecule has 182 valence electrons. The van der Waals surface area contributed by atoms with Gasteiger partial charge >= 0.3 is 0 Å². The average molecular weight is 503 g/mol. The van der Waals surface area contributed by atoms with Crippen molar-refractivity contribution in [2.75, 3.05) is 12.8 Å². The van der Waals surface area contributed by atoms with Gasteiger partial charge in [-0.3, -0.25) is 4.79 Å². The maximum absolute atomic E-state index is 13.4. The summed E-state index contributed by atoms with van der Waals surface area (Å²) >= 11 is 6.30. The van der Waals surface area contributed by atoms with Crippen LogP contribution in [0.25, 0.3) is 28.1 Å². The lowest BCUT2D eigenvalue weighted by molar-refractivity contribution is 0.404. The van der Waals surface area contributed by atoms with Gasteiger partial charge in [0, 0.05) is 27.9 Å². The van der Waals surface area contributed by atoms with Crippen molar-refractivity contribution in [1.82, 2.24) is 34.7 Å². The monoisotopic (exact) mass is 502 g/mol. The zero-order valence-electron chi connectivity index (χ0n) is 19.6. The van der Waals surface area contributed by atoms with E-state index in [1.54, 1.807) is 42.3 Å². The Morgan fingerprint density at radius 1 is 1.14 bits per heavy atom. The van der Waals surface area contributed by atoms with E-state index < -0.39 is 0 Å². The number of imidazole rings is 1. The van der Waals surface area contributed by atoms with Crippen molar-refractivity contribution in [2.24, 2.45) is 0 Å². The van der Waals surface area contributed by atoms with Gasteiger partial charge in [0.1, 0.15) is 17.9 Å². The summed E-state index contributed by atoms with van der Waals surface area (Å²) in [4.78, 5) is 21.3. The number of hydrogen-bond acceptors (Lipinski definition) is 7. The van der Waals surface area contributed by atoms with Crippen LogP contribution in [-0.4, -0.2) is 41.9 Å². The highest BCUT2D eigenvalue weighted by atomic mass is 35.5. The molecule has 0 bridgehead atoms. The van der Waals surface area contributed by atoms with Crippen molar-refractivity contribution >= 4 is 17.3 Å². The van der Waals surface area contributed by atoms with E-state index in [2.05, 4.69) is 25.5 Å². The third kappa shape index (κ3) is 4.34. The first-order chi connectivity index (χ1) is 17.5. The normalized spacial score (nSPS) is 12.0. The first-order valence-corrected chi connectivity index (χ1v) is 11.6. The van der Waals surface area contributed by atoms with E-state index in [0.29, 0.717) is 45.5 Å². The number of nitrogens with zero attached hydrogens (tertiary/aromatic N) is 6. The van der Waals surface area contributed by atoms with Gasteiger partial charge in [-0.1, -0.05) is 30.7 Å². The van der Waals surface area contributed by atoms with Crippen molar-refractivity contribution in [3.8, 4) is 33.8 Å². The Morgan fingerprint density at radius 2 is 1.94 bits per heavy atom. The second-order valence-corrected chi connectivity index (χ2v) is 8.58. The number of benzene rings is 2. The Hall–Kier alpha value is -4.44. The predicted octanol–water partition coefficient (Wildman–Crippen LogP) is 4.12. The number of nitrogen functional groups attached to an aromatic ring is 1. The van der Waals surface area contributed by atoms with Crippen LogP contribution in [0.1, 0.15) is 25.2 Å². The molecule has 0 fully saturated rings. The molecule has 3 aromatic heterocycles. The number of hydrogen-bond donors (Lipinski definition) is 2. The van der Waals surface area contributed by atoms with Crippen molar-refractivity contribution in [3.05, 3.63) is 88.5 Å². The van der Waals surface area contributed by atoms with Gasteiger partial charge in [-0.15, -0.1) is 5.10 Å². The molecule has 0 saturated carbocycles. The van der Waals surface area contributed by atoms with E-state index in [4.69, 9.17) is 22.1 Å². The van der Waals surface area contributed by atoms with Gasteiger partial charge in [-0.25, -0.2) is 4.98 Å². The number of methoxy groups -OCH3 is 1. The maximum atomic E-state index is 13.4. The quantitative estimate of drug-likeness (QED) is 0.320. The van der Waals surface area contributed by atoms with Crippen LogP contribution in [0.15, 0.2) is 72.0 Å². The Labute approximate surface area is 211 Å². The number of aromatic amines is 1. The third-order valence-corrected chi connectivity index (χ3v) is 6.20. The van der Waals surface area contributed by atoms with Gasteiger partial charge in [0.05, 0.1) is 36.9 Å². The van der Waals surface area contributed by atoms with E-state index in [0.717, 1.165) is 11.3 Å². The van der Waals surface area contributed by atoms with Gasteiger partial charge in [-0.05, 0) is 52.7 Å². The van der Waals surface area contributed by atoms with Crippen LogP contribution in [-0.2, 0) is 0 Å². The number of halogens is 1. The molecule has 10 nitrogen and oxygen atoms in total. The fourth-order valence-electron chi connectivity index (χ4n) is 4.18. The molecule has 0 aliphatic heterocycles. The van der Waals surface area contributed by atoms with Crippen LogP contribution in [0.3, 0.4) is 0 Å². The summed E-state index contributed by atoms with van der Waals surface area (Å²) < 4.78 is 8.84. The Kier molecular flexibility index (Phi) is 6.26. The number of nitrogens with one attached hydrogen (secondary N) is 1. The number of nitrogens with two attached hydrogens (primary N) is 1. The SMILES string of the molecule is CCC(c1ncc(-c2ccc(N)cc2)[nH]1)n1cc(OC)c(-c2cc(Cl)ccc2-n2cnnn2)cc1=O. The van der Waals surface area contributed by atoms with Crippen molar-refractivity contribution in [3.63, 3.8) is 0 Å². The average Bonchev–Trinajstić information content (AvgIpc) is 3.59. The van der Waals surface area contributed by atoms with Crippen LogP contribution in [0.4, 0.5) is 5.69 Å². The second-order valence-electron chi connectivity index (χ2n) is 8.15. The van der Waals surface area contributed by atoms with Gasteiger partial charge in [-0.2, -0.15) is 4.68 Å². The molecule has 1 atom stereocenters. The fraction of sp³-hybridized carbons (Fsp3) is 0.160. The van der Waals surface area contributed by atoms with E-state index in [1.165, 1.54) is 17.1 Å². The minimum absolute atomic E-state index is 0.217. The largest absolute Gasteiger partial charge is 0.495 e. The smallest absolute Gasteiger partial charge is 0.252 e. The first-order valence-electron chi connectivity index (χ1n) is 11.2. The summed E-state index contributed by atoms with van der Waals surface area (Å²) in [6.07, 6.45) is 5.55. The summed E-state index contributed by atoms with van der Waals surface area (Å²) in [6, 6.07) is 14.0.